The third-order valence-electron chi connectivity index (χ3n) is 2.59. The van der Waals surface area contributed by atoms with Crippen LogP contribution in [0.2, 0.25) is 5.02 Å². The summed E-state index contributed by atoms with van der Waals surface area (Å²) in [6.45, 7) is 0. The molecule has 0 radical (unpaired) electrons. The predicted molar refractivity (Wildman–Crippen MR) is 73.1 cm³/mol. The van der Waals surface area contributed by atoms with Crippen molar-refractivity contribution in [3.63, 3.8) is 0 Å². The predicted octanol–water partition coefficient (Wildman–Crippen LogP) is 3.95. The fourth-order valence-corrected chi connectivity index (χ4v) is 1.74. The van der Waals surface area contributed by atoms with Crippen molar-refractivity contribution in [1.82, 2.24) is 4.98 Å². The van der Waals surface area contributed by atoms with Crippen molar-refractivity contribution in [1.29, 1.82) is 5.26 Å². The van der Waals surface area contributed by atoms with E-state index in [9.17, 15) is 13.2 Å². The van der Waals surface area contributed by atoms with E-state index < -0.39 is 11.7 Å². The lowest BCUT2D eigenvalue weighted by molar-refractivity contribution is -0.137. The maximum Gasteiger partial charge on any atom is 0.416 e. The molecule has 21 heavy (non-hydrogen) atoms. The molecule has 0 aliphatic carbocycles. The van der Waals surface area contributed by atoms with Crippen LogP contribution in [0.25, 0.3) is 0 Å². The Balaban J connectivity index is 2.38. The average Bonchev–Trinajstić information content (AvgIpc) is 2.42. The Labute approximate surface area is 123 Å². The van der Waals surface area contributed by atoms with E-state index >= 15 is 0 Å². The van der Waals surface area contributed by atoms with E-state index in [-0.39, 0.29) is 27.8 Å². The van der Waals surface area contributed by atoms with Gasteiger partial charge < -0.3 is 11.1 Å². The molecule has 1 aromatic heterocycles. The first-order valence-corrected chi connectivity index (χ1v) is 5.98. The zero-order chi connectivity index (χ0) is 15.6. The van der Waals surface area contributed by atoms with E-state index in [4.69, 9.17) is 22.6 Å². The molecule has 0 aliphatic rings. The second-order valence-corrected chi connectivity index (χ2v) is 4.50. The van der Waals surface area contributed by atoms with Crippen LogP contribution in [0, 0.1) is 11.3 Å². The largest absolute Gasteiger partial charge is 0.416 e. The van der Waals surface area contributed by atoms with Gasteiger partial charge in [0.2, 0.25) is 0 Å². The van der Waals surface area contributed by atoms with Gasteiger partial charge in [-0.1, -0.05) is 11.6 Å². The van der Waals surface area contributed by atoms with Gasteiger partial charge in [-0.05, 0) is 24.3 Å². The molecule has 0 spiro atoms. The first-order valence-electron chi connectivity index (χ1n) is 5.60. The maximum absolute atomic E-state index is 12.7. The summed E-state index contributed by atoms with van der Waals surface area (Å²) < 4.78 is 38.0. The number of nitrogens with one attached hydrogen (secondary N) is 1. The fourth-order valence-electron chi connectivity index (χ4n) is 1.57. The summed E-state index contributed by atoms with van der Waals surface area (Å²) in [6.07, 6.45) is -3.23. The molecular weight excluding hydrogens is 305 g/mol. The van der Waals surface area contributed by atoms with E-state index in [0.29, 0.717) is 0 Å². The molecule has 0 bridgehead atoms. The Hall–Kier alpha value is -2.46. The van der Waals surface area contributed by atoms with Crippen molar-refractivity contribution < 1.29 is 13.2 Å². The van der Waals surface area contributed by atoms with Crippen molar-refractivity contribution in [2.24, 2.45) is 0 Å². The molecule has 2 aromatic rings. The summed E-state index contributed by atoms with van der Waals surface area (Å²) >= 11 is 5.86. The van der Waals surface area contributed by atoms with Gasteiger partial charge >= 0.3 is 6.18 Å². The number of nitrogen functional groups attached to an aromatic ring is 1. The maximum atomic E-state index is 12.7. The molecule has 0 unspecified atom stereocenters. The van der Waals surface area contributed by atoms with Crippen molar-refractivity contribution in [3.05, 3.63) is 46.6 Å². The molecule has 8 heteroatoms. The Morgan fingerprint density at radius 1 is 1.29 bits per heavy atom. The SMILES string of the molecule is N#Cc1cnc(Nc2cc(C(F)(F)F)ccc2Cl)c(N)c1. The quantitative estimate of drug-likeness (QED) is 0.880. The number of halogens is 4. The summed E-state index contributed by atoms with van der Waals surface area (Å²) in [5.74, 6) is 0.121. The minimum atomic E-state index is -4.48. The Kier molecular flexibility index (Phi) is 3.91. The molecule has 0 aliphatic heterocycles. The zero-order valence-electron chi connectivity index (χ0n) is 10.4. The lowest BCUT2D eigenvalue weighted by atomic mass is 10.2. The van der Waals surface area contributed by atoms with E-state index in [1.807, 2.05) is 6.07 Å². The lowest BCUT2D eigenvalue weighted by Crippen LogP contribution is -2.06. The van der Waals surface area contributed by atoms with Crippen LogP contribution < -0.4 is 11.1 Å². The Morgan fingerprint density at radius 2 is 2.00 bits per heavy atom. The van der Waals surface area contributed by atoms with Gasteiger partial charge in [0.1, 0.15) is 6.07 Å². The third kappa shape index (κ3) is 3.35. The van der Waals surface area contributed by atoms with E-state index in [2.05, 4.69) is 10.3 Å². The topological polar surface area (TPSA) is 74.7 Å². The van der Waals surface area contributed by atoms with Gasteiger partial charge in [-0.3, -0.25) is 0 Å². The molecule has 0 saturated heterocycles. The highest BCUT2D eigenvalue weighted by atomic mass is 35.5. The van der Waals surface area contributed by atoms with Crippen molar-refractivity contribution in [3.8, 4) is 6.07 Å². The highest BCUT2D eigenvalue weighted by molar-refractivity contribution is 6.33. The number of nitrogens with two attached hydrogens (primary N) is 1. The number of hydrogen-bond acceptors (Lipinski definition) is 4. The number of benzene rings is 1. The molecule has 0 saturated carbocycles. The molecule has 1 heterocycles. The van der Waals surface area contributed by atoms with Gasteiger partial charge in [0.05, 0.1) is 27.5 Å². The van der Waals surface area contributed by atoms with Gasteiger partial charge in [0.25, 0.3) is 0 Å². The van der Waals surface area contributed by atoms with Crippen LogP contribution >= 0.6 is 11.6 Å². The summed E-state index contributed by atoms with van der Waals surface area (Å²) in [6, 6.07) is 6.08. The lowest BCUT2D eigenvalue weighted by Gasteiger charge is -2.13. The van der Waals surface area contributed by atoms with Crippen LogP contribution in [0.5, 0.6) is 0 Å². The Morgan fingerprint density at radius 3 is 2.57 bits per heavy atom. The van der Waals surface area contributed by atoms with Crippen LogP contribution in [-0.2, 0) is 6.18 Å². The second-order valence-electron chi connectivity index (χ2n) is 4.09. The van der Waals surface area contributed by atoms with Crippen molar-refractivity contribution >= 4 is 28.8 Å². The molecule has 4 nitrogen and oxygen atoms in total. The van der Waals surface area contributed by atoms with Crippen LogP contribution in [0.4, 0.5) is 30.4 Å². The number of hydrogen-bond donors (Lipinski definition) is 2. The number of anilines is 3. The number of aromatic nitrogens is 1. The zero-order valence-corrected chi connectivity index (χ0v) is 11.1. The number of nitriles is 1. The van der Waals surface area contributed by atoms with Crippen LogP contribution in [-0.4, -0.2) is 4.98 Å². The normalized spacial score (nSPS) is 11.0. The summed E-state index contributed by atoms with van der Waals surface area (Å²) in [5, 5.41) is 11.4. The van der Waals surface area contributed by atoms with Gasteiger partial charge in [-0.2, -0.15) is 18.4 Å². The first kappa shape index (κ1) is 14.9. The molecule has 1 aromatic carbocycles. The Bertz CT molecular complexity index is 722. The van der Waals surface area contributed by atoms with Gasteiger partial charge in [-0.15, -0.1) is 0 Å². The van der Waals surface area contributed by atoms with E-state index in [1.54, 1.807) is 0 Å². The molecule has 0 atom stereocenters. The van der Waals surface area contributed by atoms with Gasteiger partial charge in [0, 0.05) is 6.20 Å². The van der Waals surface area contributed by atoms with Crippen LogP contribution in [0.1, 0.15) is 11.1 Å². The second kappa shape index (κ2) is 5.50. The fraction of sp³-hybridized carbons (Fsp3) is 0.0769. The van der Waals surface area contributed by atoms with Crippen molar-refractivity contribution in [2.75, 3.05) is 11.1 Å². The standard InChI is InChI=1S/C13H8ClF3N4/c14-9-2-1-8(13(15,16)17)4-11(9)21-12-10(19)3-7(5-18)6-20-12/h1-4,6H,19H2,(H,20,21). The minimum absolute atomic E-state index is 0.0235. The third-order valence-corrected chi connectivity index (χ3v) is 2.92. The number of nitrogens with zero attached hydrogens (tertiary/aromatic N) is 2. The average molecular weight is 313 g/mol. The minimum Gasteiger partial charge on any atom is -0.396 e. The monoisotopic (exact) mass is 312 g/mol. The summed E-state index contributed by atoms with van der Waals surface area (Å²) in [4.78, 5) is 3.88. The highest BCUT2D eigenvalue weighted by Gasteiger charge is 2.31. The summed E-state index contributed by atoms with van der Waals surface area (Å²) in [7, 11) is 0. The number of alkyl halides is 3. The molecule has 3 N–H and O–H groups in total. The van der Waals surface area contributed by atoms with Gasteiger partial charge in [0.15, 0.2) is 5.82 Å². The smallest absolute Gasteiger partial charge is 0.396 e. The number of pyridine rings is 1. The molecule has 0 fully saturated rings. The van der Waals surface area contributed by atoms with E-state index in [1.165, 1.54) is 12.3 Å². The van der Waals surface area contributed by atoms with E-state index in [0.717, 1.165) is 18.2 Å². The molecule has 0 amide bonds. The van der Waals surface area contributed by atoms with Crippen LogP contribution in [0.3, 0.4) is 0 Å². The highest BCUT2D eigenvalue weighted by Crippen LogP contribution is 2.35. The van der Waals surface area contributed by atoms with Crippen molar-refractivity contribution in [2.45, 2.75) is 6.18 Å². The summed E-state index contributed by atoms with van der Waals surface area (Å²) in [5.41, 5.74) is 5.23. The molecule has 2 rings (SSSR count). The first-order chi connectivity index (χ1) is 9.81. The molecule has 108 valence electrons. The van der Waals surface area contributed by atoms with Gasteiger partial charge in [-0.25, -0.2) is 4.98 Å². The van der Waals surface area contributed by atoms with Crippen LogP contribution in [0.15, 0.2) is 30.5 Å². The molecular formula is C13H8ClF3N4. The number of rotatable bonds is 2.